The van der Waals surface area contributed by atoms with Gasteiger partial charge in [0.1, 0.15) is 24.9 Å². The van der Waals surface area contributed by atoms with Gasteiger partial charge in [-0.25, -0.2) is 0 Å². The lowest BCUT2D eigenvalue weighted by Gasteiger charge is -2.19. The van der Waals surface area contributed by atoms with Gasteiger partial charge in [-0.2, -0.15) is 5.26 Å². The van der Waals surface area contributed by atoms with E-state index in [0.717, 1.165) is 0 Å². The van der Waals surface area contributed by atoms with Crippen LogP contribution in [0.15, 0.2) is 35.9 Å². The van der Waals surface area contributed by atoms with Gasteiger partial charge in [0, 0.05) is 0 Å². The Morgan fingerprint density at radius 1 is 1.12 bits per heavy atom. The van der Waals surface area contributed by atoms with Gasteiger partial charge in [0.05, 0.1) is 20.8 Å². The Labute approximate surface area is 164 Å². The average molecular weight is 410 g/mol. The molecule has 1 amide bonds. The van der Waals surface area contributed by atoms with E-state index in [1.165, 1.54) is 6.08 Å². The monoisotopic (exact) mass is 408 g/mol. The van der Waals surface area contributed by atoms with Crippen LogP contribution in [0.5, 0.6) is 11.5 Å². The van der Waals surface area contributed by atoms with Crippen molar-refractivity contribution in [2.75, 3.05) is 18.5 Å². The summed E-state index contributed by atoms with van der Waals surface area (Å²) in [6, 6.07) is 9.91. The molecule has 1 N–H and O–H groups in total. The Hall–Kier alpha value is -2.39. The first-order chi connectivity index (χ1) is 12.5. The van der Waals surface area contributed by atoms with Crippen molar-refractivity contribution < 1.29 is 14.3 Å². The number of hydrogen-bond donors (Lipinski definition) is 1. The first-order valence-electron chi connectivity index (χ1n) is 7.46. The molecule has 0 aromatic heterocycles. The second-order valence-electron chi connectivity index (χ2n) is 5.25. The van der Waals surface area contributed by atoms with E-state index < -0.39 is 5.91 Å². The third kappa shape index (κ3) is 3.88. The van der Waals surface area contributed by atoms with Crippen LogP contribution in [-0.4, -0.2) is 19.1 Å². The minimum Gasteiger partial charge on any atom is -0.486 e. The molecule has 26 heavy (non-hydrogen) atoms. The molecule has 0 fully saturated rings. The van der Waals surface area contributed by atoms with Crippen molar-refractivity contribution in [3.63, 3.8) is 0 Å². The average Bonchev–Trinajstić information content (AvgIpc) is 2.63. The van der Waals surface area contributed by atoms with Crippen molar-refractivity contribution in [1.29, 1.82) is 5.26 Å². The summed E-state index contributed by atoms with van der Waals surface area (Å²) in [4.78, 5) is 12.4. The summed E-state index contributed by atoms with van der Waals surface area (Å²) < 4.78 is 10.9. The van der Waals surface area contributed by atoms with Gasteiger partial charge in [-0.15, -0.1) is 0 Å². The van der Waals surface area contributed by atoms with E-state index in [4.69, 9.17) is 44.3 Å². The number of fused-ring (bicyclic) bond motifs is 1. The normalized spacial score (nSPS) is 13.1. The third-order valence-electron chi connectivity index (χ3n) is 3.50. The van der Waals surface area contributed by atoms with E-state index in [1.807, 2.05) is 6.07 Å². The molecule has 2 aromatic rings. The molecule has 0 bridgehead atoms. The molecule has 132 valence electrons. The predicted molar refractivity (Wildman–Crippen MR) is 101 cm³/mol. The van der Waals surface area contributed by atoms with Crippen LogP contribution in [0.4, 0.5) is 5.69 Å². The highest BCUT2D eigenvalue weighted by molar-refractivity contribution is 6.40. The van der Waals surface area contributed by atoms with Crippen LogP contribution < -0.4 is 14.8 Å². The fraction of sp³-hybridized carbons (Fsp3) is 0.111. The van der Waals surface area contributed by atoms with Crippen molar-refractivity contribution in [2.45, 2.75) is 0 Å². The maximum absolute atomic E-state index is 12.4. The maximum Gasteiger partial charge on any atom is 0.266 e. The number of amides is 1. The zero-order valence-corrected chi connectivity index (χ0v) is 15.5. The minimum atomic E-state index is -0.645. The molecule has 0 atom stereocenters. The molecule has 2 aromatic carbocycles. The molecule has 0 aliphatic carbocycles. The summed E-state index contributed by atoms with van der Waals surface area (Å²) in [6.07, 6.45) is 1.39. The van der Waals surface area contributed by atoms with Gasteiger partial charge in [0.2, 0.25) is 0 Å². The van der Waals surface area contributed by atoms with E-state index in [1.54, 1.807) is 30.3 Å². The Morgan fingerprint density at radius 2 is 1.81 bits per heavy atom. The minimum absolute atomic E-state index is 0.145. The molecule has 1 heterocycles. The SMILES string of the molecule is N#C/C(=C\c1cc(Cl)c2c(c1)OCCO2)C(=O)Nc1c(Cl)cccc1Cl. The van der Waals surface area contributed by atoms with Crippen molar-refractivity contribution >= 4 is 52.5 Å². The number of nitrogens with one attached hydrogen (secondary N) is 1. The Bertz CT molecular complexity index is 931. The predicted octanol–water partition coefficient (Wildman–Crippen LogP) is 4.96. The fourth-order valence-corrected chi connectivity index (χ4v) is 3.09. The number of carbonyl (C=O) groups excluding carboxylic acids is 1. The molecule has 8 heteroatoms. The van der Waals surface area contributed by atoms with Crippen molar-refractivity contribution in [3.05, 3.63) is 56.5 Å². The number of anilines is 1. The molecule has 3 rings (SSSR count). The van der Waals surface area contributed by atoms with Crippen LogP contribution in [0.2, 0.25) is 15.1 Å². The first-order valence-corrected chi connectivity index (χ1v) is 8.59. The maximum atomic E-state index is 12.4. The molecule has 0 radical (unpaired) electrons. The molecule has 0 unspecified atom stereocenters. The largest absolute Gasteiger partial charge is 0.486 e. The lowest BCUT2D eigenvalue weighted by atomic mass is 10.1. The number of ether oxygens (including phenoxy) is 2. The van der Waals surface area contributed by atoms with E-state index in [9.17, 15) is 10.1 Å². The lowest BCUT2D eigenvalue weighted by Crippen LogP contribution is -2.16. The fourth-order valence-electron chi connectivity index (χ4n) is 2.33. The van der Waals surface area contributed by atoms with E-state index >= 15 is 0 Å². The Kier molecular flexibility index (Phi) is 5.58. The standard InChI is InChI=1S/C18H11Cl3N2O3/c19-12-2-1-3-13(20)16(12)23-18(24)11(9-22)6-10-7-14(21)17-15(8-10)25-4-5-26-17/h1-3,6-8H,4-5H2,(H,23,24)/b11-6+. The molecule has 5 nitrogen and oxygen atoms in total. The van der Waals surface area contributed by atoms with Gasteiger partial charge in [0.25, 0.3) is 5.91 Å². The van der Waals surface area contributed by atoms with Gasteiger partial charge in [-0.05, 0) is 35.9 Å². The number of benzene rings is 2. The summed E-state index contributed by atoms with van der Waals surface area (Å²) in [5.41, 5.74) is 0.618. The molecule has 1 aliphatic heterocycles. The van der Waals surface area contributed by atoms with Crippen molar-refractivity contribution in [2.24, 2.45) is 0 Å². The quantitative estimate of drug-likeness (QED) is 0.574. The molecule has 0 spiro atoms. The third-order valence-corrected chi connectivity index (χ3v) is 4.41. The van der Waals surface area contributed by atoms with Crippen LogP contribution in [0, 0.1) is 11.3 Å². The van der Waals surface area contributed by atoms with Crippen LogP contribution in [0.25, 0.3) is 6.08 Å². The smallest absolute Gasteiger partial charge is 0.266 e. The van der Waals surface area contributed by atoms with E-state index in [0.29, 0.717) is 35.3 Å². The Balaban J connectivity index is 1.90. The van der Waals surface area contributed by atoms with Crippen LogP contribution >= 0.6 is 34.8 Å². The summed E-state index contributed by atoms with van der Waals surface area (Å²) >= 11 is 18.2. The van der Waals surface area contributed by atoms with Crippen molar-refractivity contribution in [3.8, 4) is 17.6 Å². The van der Waals surface area contributed by atoms with Crippen LogP contribution in [0.1, 0.15) is 5.56 Å². The highest BCUT2D eigenvalue weighted by Crippen LogP contribution is 2.39. The van der Waals surface area contributed by atoms with Gasteiger partial charge >= 0.3 is 0 Å². The summed E-state index contributed by atoms with van der Waals surface area (Å²) in [6.45, 7) is 0.805. The molecular weight excluding hydrogens is 399 g/mol. The summed E-state index contributed by atoms with van der Waals surface area (Å²) in [7, 11) is 0. The highest BCUT2D eigenvalue weighted by Gasteiger charge is 2.18. The summed E-state index contributed by atoms with van der Waals surface area (Å²) in [5.74, 6) is 0.260. The number of nitriles is 1. The lowest BCUT2D eigenvalue weighted by molar-refractivity contribution is -0.112. The molecule has 0 saturated carbocycles. The second-order valence-corrected chi connectivity index (χ2v) is 6.47. The van der Waals surface area contributed by atoms with E-state index in [-0.39, 0.29) is 21.3 Å². The zero-order chi connectivity index (χ0) is 18.7. The Morgan fingerprint density at radius 3 is 2.50 bits per heavy atom. The van der Waals surface area contributed by atoms with Gasteiger partial charge in [-0.1, -0.05) is 40.9 Å². The van der Waals surface area contributed by atoms with Crippen molar-refractivity contribution in [1.82, 2.24) is 0 Å². The second kappa shape index (κ2) is 7.88. The summed E-state index contributed by atoms with van der Waals surface area (Å²) in [5, 5.41) is 12.8. The van der Waals surface area contributed by atoms with Gasteiger partial charge < -0.3 is 14.8 Å². The molecule has 0 saturated heterocycles. The highest BCUT2D eigenvalue weighted by atomic mass is 35.5. The number of hydrogen-bond acceptors (Lipinski definition) is 4. The zero-order valence-electron chi connectivity index (χ0n) is 13.2. The number of carbonyl (C=O) groups is 1. The van der Waals surface area contributed by atoms with Crippen LogP contribution in [0.3, 0.4) is 0 Å². The number of halogens is 3. The van der Waals surface area contributed by atoms with E-state index in [2.05, 4.69) is 5.32 Å². The van der Waals surface area contributed by atoms with Gasteiger partial charge in [0.15, 0.2) is 11.5 Å². The number of nitrogens with zero attached hydrogens (tertiary/aromatic N) is 1. The van der Waals surface area contributed by atoms with Crippen LogP contribution in [-0.2, 0) is 4.79 Å². The molecular formula is C18H11Cl3N2O3. The topological polar surface area (TPSA) is 71.3 Å². The number of rotatable bonds is 3. The first kappa shape index (κ1) is 18.4. The van der Waals surface area contributed by atoms with Gasteiger partial charge in [-0.3, -0.25) is 4.79 Å². The number of para-hydroxylation sites is 1. The molecule has 1 aliphatic rings.